The first kappa shape index (κ1) is 15.7. The molecule has 0 heterocycles. The molecule has 0 saturated heterocycles. The highest BCUT2D eigenvalue weighted by Crippen LogP contribution is 2.00. The Morgan fingerprint density at radius 3 is 2.06 bits per heavy atom. The summed E-state index contributed by atoms with van der Waals surface area (Å²) in [4.78, 5) is 43.3. The molecule has 3 amide bonds. The average molecular weight is 261 g/mol. The third kappa shape index (κ3) is 5.14. The second-order valence-corrected chi connectivity index (χ2v) is 4.08. The van der Waals surface area contributed by atoms with Gasteiger partial charge >= 0.3 is 18.0 Å². The number of carboxylic acids is 2. The molecule has 0 aromatic rings. The van der Waals surface area contributed by atoms with Gasteiger partial charge in [-0.3, -0.25) is 9.59 Å². The smallest absolute Gasteiger partial charge is 0.326 e. The molecule has 0 rings (SSSR count). The van der Waals surface area contributed by atoms with Crippen molar-refractivity contribution in [3.63, 3.8) is 0 Å². The summed E-state index contributed by atoms with van der Waals surface area (Å²) in [6.07, 6.45) is -0.778. The Morgan fingerprint density at radius 2 is 1.72 bits per heavy atom. The van der Waals surface area contributed by atoms with Gasteiger partial charge in [0.2, 0.25) is 5.91 Å². The molecule has 0 aliphatic rings. The van der Waals surface area contributed by atoms with Crippen LogP contribution in [-0.4, -0.2) is 45.7 Å². The zero-order valence-electron chi connectivity index (χ0n) is 9.89. The fraction of sp³-hybridized carbons (Fsp3) is 0.556. The fourth-order valence-electron chi connectivity index (χ4n) is 0.914. The van der Waals surface area contributed by atoms with E-state index in [1.807, 2.05) is 5.32 Å². The van der Waals surface area contributed by atoms with E-state index in [0.717, 1.165) is 0 Å². The minimum absolute atomic E-state index is 0.778. The molecule has 18 heavy (non-hydrogen) atoms. The summed E-state index contributed by atoms with van der Waals surface area (Å²) in [5.74, 6) is -3.69. The van der Waals surface area contributed by atoms with Crippen LogP contribution in [0.2, 0.25) is 0 Å². The molecule has 0 spiro atoms. The molecule has 1 unspecified atom stereocenters. The maximum absolute atomic E-state index is 11.4. The molecule has 102 valence electrons. The largest absolute Gasteiger partial charge is 0.481 e. The molecule has 0 fully saturated rings. The number of carboxylic acid groups (broad SMARTS) is 2. The van der Waals surface area contributed by atoms with Crippen LogP contribution < -0.4 is 16.4 Å². The number of hydrogen-bond donors (Lipinski definition) is 5. The van der Waals surface area contributed by atoms with Crippen molar-refractivity contribution in [1.82, 2.24) is 10.6 Å². The zero-order chi connectivity index (χ0) is 14.5. The normalized spacial score (nSPS) is 12.3. The molecule has 0 bridgehead atoms. The number of carbonyl (C=O) groups is 4. The Morgan fingerprint density at radius 1 is 1.22 bits per heavy atom. The molecule has 9 nitrogen and oxygen atoms in total. The minimum Gasteiger partial charge on any atom is -0.481 e. The highest BCUT2D eigenvalue weighted by Gasteiger charge is 2.29. The number of aliphatic carboxylic acids is 2. The van der Waals surface area contributed by atoms with Gasteiger partial charge < -0.3 is 26.6 Å². The molecule has 0 aliphatic heterocycles. The van der Waals surface area contributed by atoms with E-state index in [2.05, 4.69) is 5.32 Å². The summed E-state index contributed by atoms with van der Waals surface area (Å²) in [6.45, 7) is 2.64. The number of nitrogens with two attached hydrogens (primary N) is 1. The molecule has 0 aromatic carbocycles. The quantitative estimate of drug-likeness (QED) is 0.390. The molecule has 0 radical (unpaired) electrons. The van der Waals surface area contributed by atoms with E-state index in [9.17, 15) is 19.2 Å². The first-order valence-corrected chi connectivity index (χ1v) is 4.89. The minimum atomic E-state index is -1.59. The van der Waals surface area contributed by atoms with Crippen molar-refractivity contribution in [1.29, 1.82) is 0 Å². The lowest BCUT2D eigenvalue weighted by molar-refractivity contribution is -0.145. The van der Waals surface area contributed by atoms with Gasteiger partial charge in [0.25, 0.3) is 0 Å². The predicted molar refractivity (Wildman–Crippen MR) is 58.6 cm³/mol. The molecule has 0 saturated carbocycles. The number of urea groups is 1. The molecular weight excluding hydrogens is 246 g/mol. The number of carbonyl (C=O) groups excluding carboxylic acids is 2. The summed E-state index contributed by atoms with van der Waals surface area (Å²) >= 11 is 0. The summed E-state index contributed by atoms with van der Waals surface area (Å²) in [7, 11) is 0. The highest BCUT2D eigenvalue weighted by molar-refractivity contribution is 5.91. The predicted octanol–water partition coefficient (Wildman–Crippen LogP) is -1.52. The van der Waals surface area contributed by atoms with Crippen LogP contribution in [0.3, 0.4) is 0 Å². The van der Waals surface area contributed by atoms with E-state index < -0.39 is 41.9 Å². The van der Waals surface area contributed by atoms with Gasteiger partial charge in [-0.25, -0.2) is 9.59 Å². The van der Waals surface area contributed by atoms with Crippen molar-refractivity contribution in [2.45, 2.75) is 31.8 Å². The van der Waals surface area contributed by atoms with Crippen LogP contribution in [-0.2, 0) is 14.4 Å². The number of hydrogen-bond acceptors (Lipinski definition) is 4. The van der Waals surface area contributed by atoms with Crippen molar-refractivity contribution < 1.29 is 29.4 Å². The van der Waals surface area contributed by atoms with Gasteiger partial charge in [-0.05, 0) is 13.8 Å². The lowest BCUT2D eigenvalue weighted by Crippen LogP contribution is -2.58. The van der Waals surface area contributed by atoms with E-state index in [4.69, 9.17) is 15.9 Å². The summed E-state index contributed by atoms with van der Waals surface area (Å²) in [5.41, 5.74) is 3.62. The topological polar surface area (TPSA) is 159 Å². The summed E-state index contributed by atoms with van der Waals surface area (Å²) in [6, 6.07) is -2.58. The number of amides is 3. The average Bonchev–Trinajstić information content (AvgIpc) is 2.14. The lowest BCUT2D eigenvalue weighted by atomic mass is 10.1. The Kier molecular flexibility index (Phi) is 5.09. The van der Waals surface area contributed by atoms with E-state index in [1.165, 1.54) is 13.8 Å². The van der Waals surface area contributed by atoms with Crippen molar-refractivity contribution in [3.05, 3.63) is 0 Å². The fourth-order valence-corrected chi connectivity index (χ4v) is 0.914. The molecular formula is C9H15N3O6. The van der Waals surface area contributed by atoms with E-state index in [-0.39, 0.29) is 0 Å². The third-order valence-electron chi connectivity index (χ3n) is 2.02. The van der Waals surface area contributed by atoms with Crippen LogP contribution in [0.25, 0.3) is 0 Å². The standard InChI is InChI=1S/C9H15N3O6/c1-9(2,7(10)17)12-8(18)11-4(6(15)16)3-5(13)14/h4H,3H2,1-2H3,(H2,10,17)(H,13,14)(H,15,16)(H2,11,12,18). The van der Waals surface area contributed by atoms with Crippen LogP contribution >= 0.6 is 0 Å². The Hall–Kier alpha value is -2.32. The van der Waals surface area contributed by atoms with Crippen LogP contribution in [0.15, 0.2) is 0 Å². The van der Waals surface area contributed by atoms with Crippen molar-refractivity contribution in [2.75, 3.05) is 0 Å². The molecule has 0 aliphatic carbocycles. The number of nitrogens with one attached hydrogen (secondary N) is 2. The first-order valence-electron chi connectivity index (χ1n) is 4.89. The maximum Gasteiger partial charge on any atom is 0.326 e. The first-order chi connectivity index (χ1) is 8.06. The van der Waals surface area contributed by atoms with Crippen molar-refractivity contribution in [3.8, 4) is 0 Å². The second kappa shape index (κ2) is 5.84. The summed E-state index contributed by atoms with van der Waals surface area (Å²) in [5, 5.41) is 21.2. The molecule has 0 aromatic heterocycles. The van der Waals surface area contributed by atoms with Gasteiger partial charge in [0.1, 0.15) is 11.6 Å². The lowest BCUT2D eigenvalue weighted by Gasteiger charge is -2.23. The number of primary amides is 1. The van der Waals surface area contributed by atoms with Gasteiger partial charge in [0, 0.05) is 0 Å². The monoisotopic (exact) mass is 261 g/mol. The summed E-state index contributed by atoms with van der Waals surface area (Å²) < 4.78 is 0. The maximum atomic E-state index is 11.4. The van der Waals surface area contributed by atoms with Gasteiger partial charge in [0.05, 0.1) is 6.42 Å². The number of rotatable bonds is 6. The van der Waals surface area contributed by atoms with Crippen LogP contribution in [0.1, 0.15) is 20.3 Å². The van der Waals surface area contributed by atoms with E-state index in [1.54, 1.807) is 0 Å². The Balaban J connectivity index is 4.57. The van der Waals surface area contributed by atoms with Crippen LogP contribution in [0.5, 0.6) is 0 Å². The van der Waals surface area contributed by atoms with Gasteiger partial charge in [-0.2, -0.15) is 0 Å². The molecule has 1 atom stereocenters. The van der Waals surface area contributed by atoms with Crippen LogP contribution in [0, 0.1) is 0 Å². The van der Waals surface area contributed by atoms with Crippen molar-refractivity contribution >= 4 is 23.9 Å². The van der Waals surface area contributed by atoms with Crippen LogP contribution in [0.4, 0.5) is 4.79 Å². The molecule has 9 heteroatoms. The zero-order valence-corrected chi connectivity index (χ0v) is 9.89. The van der Waals surface area contributed by atoms with Gasteiger partial charge in [-0.15, -0.1) is 0 Å². The highest BCUT2D eigenvalue weighted by atomic mass is 16.4. The second-order valence-electron chi connectivity index (χ2n) is 4.08. The van der Waals surface area contributed by atoms with Gasteiger partial charge in [0.15, 0.2) is 0 Å². The van der Waals surface area contributed by atoms with E-state index >= 15 is 0 Å². The van der Waals surface area contributed by atoms with E-state index in [0.29, 0.717) is 0 Å². The Bertz CT molecular complexity index is 378. The van der Waals surface area contributed by atoms with Gasteiger partial charge in [-0.1, -0.05) is 0 Å². The Labute approximate surface area is 102 Å². The molecule has 6 N–H and O–H groups in total. The van der Waals surface area contributed by atoms with Crippen molar-refractivity contribution in [2.24, 2.45) is 5.73 Å². The SMILES string of the molecule is CC(C)(NC(=O)NC(CC(=O)O)C(=O)O)C(N)=O. The third-order valence-corrected chi connectivity index (χ3v) is 2.02.